The minimum Gasteiger partial charge on any atom is -0.468 e. The maximum absolute atomic E-state index is 11.5. The van der Waals surface area contributed by atoms with E-state index in [9.17, 15) is 21.6 Å². The number of carbonyl (C=O) groups is 1. The van der Waals surface area contributed by atoms with Crippen molar-refractivity contribution in [1.82, 2.24) is 4.72 Å². The molecule has 0 fully saturated rings. The van der Waals surface area contributed by atoms with Crippen LogP contribution in [0.1, 0.15) is 5.56 Å². The molecule has 0 unspecified atom stereocenters. The van der Waals surface area contributed by atoms with Gasteiger partial charge >= 0.3 is 5.97 Å². The van der Waals surface area contributed by atoms with Gasteiger partial charge in [-0.25, -0.2) is 26.7 Å². The number of primary sulfonamides is 1. The zero-order valence-corrected chi connectivity index (χ0v) is 12.9. The molecule has 0 bridgehead atoms. The van der Waals surface area contributed by atoms with E-state index in [4.69, 9.17) is 5.14 Å². The number of esters is 1. The Morgan fingerprint density at radius 2 is 1.76 bits per heavy atom. The second-order valence-corrected chi connectivity index (χ2v) is 7.54. The van der Waals surface area contributed by atoms with E-state index in [-0.39, 0.29) is 11.4 Å². The highest BCUT2D eigenvalue weighted by atomic mass is 32.2. The number of sulfonamides is 2. The van der Waals surface area contributed by atoms with Crippen LogP contribution in [-0.2, 0) is 36.0 Å². The molecule has 3 N–H and O–H groups in total. The molecule has 0 saturated heterocycles. The molecule has 10 heteroatoms. The number of benzene rings is 1. The molecule has 1 aromatic carbocycles. The van der Waals surface area contributed by atoms with Gasteiger partial charge in [-0.1, -0.05) is 12.1 Å². The zero-order valence-electron chi connectivity index (χ0n) is 11.3. The van der Waals surface area contributed by atoms with Crippen molar-refractivity contribution in [3.8, 4) is 0 Å². The fourth-order valence-electron chi connectivity index (χ4n) is 1.46. The number of nitrogens with one attached hydrogen (secondary N) is 1. The second-order valence-electron chi connectivity index (χ2n) is 4.17. The van der Waals surface area contributed by atoms with Gasteiger partial charge in [-0.3, -0.25) is 4.79 Å². The first-order chi connectivity index (χ1) is 9.64. The molecular formula is C11H16N2O6S2. The first kappa shape index (κ1) is 17.6. The first-order valence-electron chi connectivity index (χ1n) is 5.80. The molecule has 0 aliphatic heterocycles. The maximum atomic E-state index is 11.5. The molecule has 0 spiro atoms. The van der Waals surface area contributed by atoms with Crippen molar-refractivity contribution >= 4 is 26.0 Å². The quantitative estimate of drug-likeness (QED) is 0.612. The Morgan fingerprint density at radius 3 is 2.24 bits per heavy atom. The number of methoxy groups -OCH3 is 1. The minimum absolute atomic E-state index is 0.0162. The van der Waals surface area contributed by atoms with Crippen LogP contribution >= 0.6 is 0 Å². The Kier molecular flexibility index (Phi) is 5.84. The molecule has 0 heterocycles. The normalized spacial score (nSPS) is 12.1. The van der Waals surface area contributed by atoms with Crippen LogP contribution in [0.25, 0.3) is 0 Å². The van der Waals surface area contributed by atoms with Crippen LogP contribution in [0.2, 0.25) is 0 Å². The van der Waals surface area contributed by atoms with Gasteiger partial charge in [0.2, 0.25) is 20.0 Å². The zero-order chi connectivity index (χ0) is 16.1. The molecule has 0 saturated carbocycles. The van der Waals surface area contributed by atoms with Crippen molar-refractivity contribution in [2.45, 2.75) is 11.3 Å². The van der Waals surface area contributed by atoms with Crippen molar-refractivity contribution in [3.05, 3.63) is 29.8 Å². The summed E-state index contributed by atoms with van der Waals surface area (Å²) in [4.78, 5) is 10.9. The summed E-state index contributed by atoms with van der Waals surface area (Å²) in [6.45, 7) is 0.0774. The van der Waals surface area contributed by atoms with Gasteiger partial charge in [-0.15, -0.1) is 0 Å². The van der Waals surface area contributed by atoms with Crippen LogP contribution in [0, 0.1) is 0 Å². The summed E-state index contributed by atoms with van der Waals surface area (Å²) < 4.78 is 51.6. The molecule has 1 aromatic rings. The van der Waals surface area contributed by atoms with Crippen LogP contribution in [0.15, 0.2) is 29.2 Å². The average molecular weight is 336 g/mol. The Balaban J connectivity index is 2.55. The van der Waals surface area contributed by atoms with E-state index < -0.39 is 31.8 Å². The van der Waals surface area contributed by atoms with E-state index in [1.54, 1.807) is 0 Å². The lowest BCUT2D eigenvalue weighted by molar-refractivity contribution is -0.137. The highest BCUT2D eigenvalue weighted by Gasteiger charge is 2.16. The average Bonchev–Trinajstić information content (AvgIpc) is 2.37. The Hall–Kier alpha value is -1.49. The molecule has 21 heavy (non-hydrogen) atoms. The van der Waals surface area contributed by atoms with Crippen LogP contribution in [-0.4, -0.2) is 42.2 Å². The van der Waals surface area contributed by atoms with Gasteiger partial charge in [-0.05, 0) is 24.1 Å². The molecule has 0 atom stereocenters. The topological polar surface area (TPSA) is 133 Å². The highest BCUT2D eigenvalue weighted by molar-refractivity contribution is 7.90. The molecule has 0 aromatic heterocycles. The van der Waals surface area contributed by atoms with E-state index >= 15 is 0 Å². The molecular weight excluding hydrogens is 320 g/mol. The lowest BCUT2D eigenvalue weighted by Gasteiger charge is -2.06. The minimum atomic E-state index is -3.74. The molecule has 0 aliphatic carbocycles. The fraction of sp³-hybridized carbons (Fsp3) is 0.364. The van der Waals surface area contributed by atoms with Crippen molar-refractivity contribution in [2.75, 3.05) is 19.4 Å². The summed E-state index contributed by atoms with van der Waals surface area (Å²) in [5.74, 6) is -1.59. The monoisotopic (exact) mass is 336 g/mol. The Labute approximate surface area is 123 Å². The number of nitrogens with two attached hydrogens (primary N) is 1. The van der Waals surface area contributed by atoms with Gasteiger partial charge in [0.1, 0.15) is 0 Å². The smallest absolute Gasteiger partial charge is 0.322 e. The van der Waals surface area contributed by atoms with Crippen LogP contribution in [0.5, 0.6) is 0 Å². The number of ether oxygens (including phenoxy) is 1. The predicted octanol–water partition coefficient (Wildman–Crippen LogP) is -1.03. The summed E-state index contributed by atoms with van der Waals surface area (Å²) in [6.07, 6.45) is 0.339. The van der Waals surface area contributed by atoms with Crippen molar-refractivity contribution in [1.29, 1.82) is 0 Å². The third-order valence-corrected chi connectivity index (χ3v) is 4.71. The number of carbonyl (C=O) groups excluding carboxylic acids is 1. The summed E-state index contributed by atoms with van der Waals surface area (Å²) in [6, 6.07) is 5.75. The SMILES string of the molecule is COC(=O)CS(=O)(=O)NCCc1ccc(S(N)(=O)=O)cc1. The molecule has 0 amide bonds. The van der Waals surface area contributed by atoms with Gasteiger partial charge in [0.05, 0.1) is 12.0 Å². The Morgan fingerprint density at radius 1 is 1.19 bits per heavy atom. The van der Waals surface area contributed by atoms with Crippen molar-refractivity contribution < 1.29 is 26.4 Å². The molecule has 8 nitrogen and oxygen atoms in total. The molecule has 1 rings (SSSR count). The van der Waals surface area contributed by atoms with E-state index in [1.807, 2.05) is 0 Å². The number of rotatable bonds is 7. The predicted molar refractivity (Wildman–Crippen MR) is 75.3 cm³/mol. The lowest BCUT2D eigenvalue weighted by Crippen LogP contribution is -2.32. The van der Waals surface area contributed by atoms with Gasteiger partial charge in [0.15, 0.2) is 5.75 Å². The van der Waals surface area contributed by atoms with Crippen LogP contribution < -0.4 is 9.86 Å². The number of hydrogen-bond acceptors (Lipinski definition) is 6. The third-order valence-electron chi connectivity index (χ3n) is 2.52. The van der Waals surface area contributed by atoms with Gasteiger partial charge in [-0.2, -0.15) is 0 Å². The van der Waals surface area contributed by atoms with Crippen LogP contribution in [0.3, 0.4) is 0 Å². The third kappa shape index (κ3) is 6.21. The summed E-state index contributed by atoms with van der Waals surface area (Å²) in [5, 5.41) is 4.96. The summed E-state index contributed by atoms with van der Waals surface area (Å²) in [7, 11) is -6.38. The standard InChI is InChI=1S/C11H16N2O6S2/c1-19-11(14)8-20(15,16)13-7-6-9-2-4-10(5-3-9)21(12,17)18/h2-5,13H,6-8H2,1H3,(H2,12,17,18). The van der Waals surface area contributed by atoms with Gasteiger partial charge in [0.25, 0.3) is 0 Å². The van der Waals surface area contributed by atoms with E-state index in [0.29, 0.717) is 6.42 Å². The second kappa shape index (κ2) is 6.98. The van der Waals surface area contributed by atoms with Crippen molar-refractivity contribution in [2.24, 2.45) is 5.14 Å². The van der Waals surface area contributed by atoms with Crippen LogP contribution in [0.4, 0.5) is 0 Å². The Bertz CT molecular complexity index is 695. The molecule has 0 radical (unpaired) electrons. The molecule has 118 valence electrons. The fourth-order valence-corrected chi connectivity index (χ4v) is 2.92. The van der Waals surface area contributed by atoms with Gasteiger partial charge < -0.3 is 4.74 Å². The number of hydrogen-bond donors (Lipinski definition) is 2. The summed E-state index contributed by atoms with van der Waals surface area (Å²) >= 11 is 0. The maximum Gasteiger partial charge on any atom is 0.322 e. The van der Waals surface area contributed by atoms with Gasteiger partial charge in [0, 0.05) is 6.54 Å². The highest BCUT2D eigenvalue weighted by Crippen LogP contribution is 2.09. The lowest BCUT2D eigenvalue weighted by atomic mass is 10.2. The first-order valence-corrected chi connectivity index (χ1v) is 9.00. The van der Waals surface area contributed by atoms with E-state index in [2.05, 4.69) is 9.46 Å². The van der Waals surface area contributed by atoms with E-state index in [1.165, 1.54) is 24.3 Å². The summed E-state index contributed by atoms with van der Waals surface area (Å²) in [5.41, 5.74) is 0.725. The molecule has 0 aliphatic rings. The largest absolute Gasteiger partial charge is 0.468 e. The van der Waals surface area contributed by atoms with E-state index in [0.717, 1.165) is 12.7 Å². The van der Waals surface area contributed by atoms with Crippen molar-refractivity contribution in [3.63, 3.8) is 0 Å².